The highest BCUT2D eigenvalue weighted by molar-refractivity contribution is 5.84. The predicted octanol–water partition coefficient (Wildman–Crippen LogP) is 1.86. The summed E-state index contributed by atoms with van der Waals surface area (Å²) in [6.45, 7) is 3.22. The third-order valence-electron chi connectivity index (χ3n) is 2.50. The molecule has 0 spiro atoms. The Morgan fingerprint density at radius 3 is 2.69 bits per heavy atom. The molecule has 0 saturated carbocycles. The summed E-state index contributed by atoms with van der Waals surface area (Å²) in [5, 5.41) is 19.2. The van der Waals surface area contributed by atoms with Gasteiger partial charge in [0.2, 0.25) is 0 Å². The Bertz CT molecular complexity index is 596. The number of aromatic hydroxyl groups is 1. The van der Waals surface area contributed by atoms with Gasteiger partial charge in [0.05, 0.1) is 0 Å². The zero-order valence-electron chi connectivity index (χ0n) is 9.02. The molecule has 0 fully saturated rings. The van der Waals surface area contributed by atoms with Gasteiger partial charge in [-0.05, 0) is 25.5 Å². The molecule has 2 N–H and O–H groups in total. The van der Waals surface area contributed by atoms with Crippen molar-refractivity contribution in [1.29, 1.82) is 0 Å². The standard InChI is InChI=1S/C12H12O4/c1-6-3-4-9-11(12(6)15)8(14)5-10(16-9)7(2)13/h3-5,7,13,15H,1-2H3/t7-/m1/s1. The van der Waals surface area contributed by atoms with Crippen LogP contribution in [0, 0.1) is 6.92 Å². The lowest BCUT2D eigenvalue weighted by atomic mass is 10.1. The molecule has 0 saturated heterocycles. The van der Waals surface area contributed by atoms with Gasteiger partial charge in [0, 0.05) is 6.07 Å². The van der Waals surface area contributed by atoms with Crippen LogP contribution in [0.1, 0.15) is 24.4 Å². The average molecular weight is 220 g/mol. The van der Waals surface area contributed by atoms with E-state index in [-0.39, 0.29) is 27.9 Å². The number of phenols is 1. The summed E-state index contributed by atoms with van der Waals surface area (Å²) >= 11 is 0. The Labute approximate surface area is 91.8 Å². The fraction of sp³-hybridized carbons (Fsp3) is 0.250. The smallest absolute Gasteiger partial charge is 0.196 e. The number of rotatable bonds is 1. The summed E-state index contributed by atoms with van der Waals surface area (Å²) in [5.74, 6) is 0.129. The Kier molecular flexibility index (Phi) is 2.44. The molecule has 1 aromatic carbocycles. The summed E-state index contributed by atoms with van der Waals surface area (Å²) < 4.78 is 5.33. The number of hydrogen-bond donors (Lipinski definition) is 2. The van der Waals surface area contributed by atoms with Crippen molar-refractivity contribution < 1.29 is 14.6 Å². The quantitative estimate of drug-likeness (QED) is 0.769. The lowest BCUT2D eigenvalue weighted by Crippen LogP contribution is -2.04. The van der Waals surface area contributed by atoms with Crippen molar-refractivity contribution in [2.24, 2.45) is 0 Å². The molecule has 2 aromatic rings. The van der Waals surface area contributed by atoms with Gasteiger partial charge < -0.3 is 14.6 Å². The van der Waals surface area contributed by atoms with Crippen molar-refractivity contribution in [3.63, 3.8) is 0 Å². The van der Waals surface area contributed by atoms with Crippen LogP contribution >= 0.6 is 0 Å². The third kappa shape index (κ3) is 1.57. The first kappa shape index (κ1) is 10.7. The number of fused-ring (bicyclic) bond motifs is 1. The number of aliphatic hydroxyl groups is 1. The fourth-order valence-electron chi connectivity index (χ4n) is 1.56. The molecule has 4 nitrogen and oxygen atoms in total. The van der Waals surface area contributed by atoms with Crippen LogP contribution in [0.25, 0.3) is 11.0 Å². The molecule has 2 rings (SSSR count). The second-order valence-corrected chi connectivity index (χ2v) is 3.79. The largest absolute Gasteiger partial charge is 0.507 e. The first-order valence-corrected chi connectivity index (χ1v) is 4.95. The zero-order valence-corrected chi connectivity index (χ0v) is 9.02. The fourth-order valence-corrected chi connectivity index (χ4v) is 1.56. The molecule has 1 atom stereocenters. The van der Waals surface area contributed by atoms with E-state index in [1.54, 1.807) is 19.1 Å². The Hall–Kier alpha value is -1.81. The van der Waals surface area contributed by atoms with E-state index in [0.29, 0.717) is 5.56 Å². The van der Waals surface area contributed by atoms with Crippen LogP contribution in [0.2, 0.25) is 0 Å². The molecule has 1 aromatic heterocycles. The van der Waals surface area contributed by atoms with Gasteiger partial charge >= 0.3 is 0 Å². The van der Waals surface area contributed by atoms with Crippen LogP contribution in [-0.2, 0) is 0 Å². The molecule has 1 heterocycles. The van der Waals surface area contributed by atoms with Gasteiger partial charge in [0.25, 0.3) is 0 Å². The molecule has 0 aliphatic carbocycles. The molecular formula is C12H12O4. The lowest BCUT2D eigenvalue weighted by molar-refractivity contribution is 0.170. The van der Waals surface area contributed by atoms with Gasteiger partial charge in [-0.2, -0.15) is 0 Å². The van der Waals surface area contributed by atoms with Crippen molar-refractivity contribution in [2.45, 2.75) is 20.0 Å². The van der Waals surface area contributed by atoms with E-state index in [9.17, 15) is 15.0 Å². The maximum absolute atomic E-state index is 11.7. The van der Waals surface area contributed by atoms with Gasteiger partial charge in [0.1, 0.15) is 28.6 Å². The maximum Gasteiger partial charge on any atom is 0.196 e. The van der Waals surface area contributed by atoms with E-state index in [4.69, 9.17) is 4.42 Å². The Morgan fingerprint density at radius 1 is 1.38 bits per heavy atom. The molecular weight excluding hydrogens is 208 g/mol. The number of aliphatic hydroxyl groups excluding tert-OH is 1. The van der Waals surface area contributed by atoms with Gasteiger partial charge in [-0.15, -0.1) is 0 Å². The molecule has 84 valence electrons. The minimum atomic E-state index is -0.847. The van der Waals surface area contributed by atoms with Crippen LogP contribution in [0.4, 0.5) is 0 Å². The van der Waals surface area contributed by atoms with E-state index >= 15 is 0 Å². The number of hydrogen-bond acceptors (Lipinski definition) is 4. The zero-order chi connectivity index (χ0) is 11.9. The monoisotopic (exact) mass is 220 g/mol. The van der Waals surface area contributed by atoms with Crippen molar-refractivity contribution in [2.75, 3.05) is 0 Å². The first-order valence-electron chi connectivity index (χ1n) is 4.95. The molecule has 16 heavy (non-hydrogen) atoms. The third-order valence-corrected chi connectivity index (χ3v) is 2.50. The van der Waals surface area contributed by atoms with E-state index in [1.165, 1.54) is 13.0 Å². The summed E-state index contributed by atoms with van der Waals surface area (Å²) in [4.78, 5) is 11.7. The van der Waals surface area contributed by atoms with Crippen molar-refractivity contribution in [3.05, 3.63) is 39.7 Å². The van der Waals surface area contributed by atoms with Crippen LogP contribution < -0.4 is 5.43 Å². The molecule has 0 unspecified atom stereocenters. The van der Waals surface area contributed by atoms with Crippen LogP contribution in [0.15, 0.2) is 27.4 Å². The van der Waals surface area contributed by atoms with Gasteiger partial charge in [0.15, 0.2) is 5.43 Å². The highest BCUT2D eigenvalue weighted by Gasteiger charge is 2.12. The minimum absolute atomic E-state index is 0.0663. The van der Waals surface area contributed by atoms with Crippen LogP contribution in [0.3, 0.4) is 0 Å². The molecule has 0 aliphatic heterocycles. The lowest BCUT2D eigenvalue weighted by Gasteiger charge is -2.07. The van der Waals surface area contributed by atoms with Gasteiger partial charge in [-0.25, -0.2) is 0 Å². The summed E-state index contributed by atoms with van der Waals surface area (Å²) in [6, 6.07) is 4.47. The number of benzene rings is 1. The maximum atomic E-state index is 11.7. The SMILES string of the molecule is Cc1ccc2oc([C@@H](C)O)cc(=O)c2c1O. The molecule has 0 bridgehead atoms. The van der Waals surface area contributed by atoms with E-state index in [0.717, 1.165) is 0 Å². The van der Waals surface area contributed by atoms with Gasteiger partial charge in [-0.3, -0.25) is 4.79 Å². The number of phenolic OH excluding ortho intramolecular Hbond substituents is 1. The predicted molar refractivity (Wildman–Crippen MR) is 59.5 cm³/mol. The molecule has 0 amide bonds. The second-order valence-electron chi connectivity index (χ2n) is 3.79. The first-order chi connectivity index (χ1) is 7.50. The normalized spacial score (nSPS) is 12.9. The van der Waals surface area contributed by atoms with Crippen LogP contribution in [0.5, 0.6) is 5.75 Å². The van der Waals surface area contributed by atoms with E-state index in [2.05, 4.69) is 0 Å². The van der Waals surface area contributed by atoms with E-state index < -0.39 is 6.10 Å². The minimum Gasteiger partial charge on any atom is -0.507 e. The average Bonchev–Trinajstić information content (AvgIpc) is 2.22. The Morgan fingerprint density at radius 2 is 2.06 bits per heavy atom. The molecule has 4 heteroatoms. The Balaban J connectivity index is 2.87. The topological polar surface area (TPSA) is 70.7 Å². The van der Waals surface area contributed by atoms with Crippen LogP contribution in [-0.4, -0.2) is 10.2 Å². The van der Waals surface area contributed by atoms with E-state index in [1.807, 2.05) is 0 Å². The van der Waals surface area contributed by atoms with Crippen molar-refractivity contribution in [3.8, 4) is 5.75 Å². The van der Waals surface area contributed by atoms with Gasteiger partial charge in [-0.1, -0.05) is 6.07 Å². The summed E-state index contributed by atoms with van der Waals surface area (Å²) in [6.07, 6.45) is -0.847. The summed E-state index contributed by atoms with van der Waals surface area (Å²) in [5.41, 5.74) is 0.550. The second kappa shape index (κ2) is 3.64. The summed E-state index contributed by atoms with van der Waals surface area (Å²) in [7, 11) is 0. The highest BCUT2D eigenvalue weighted by atomic mass is 16.4. The molecule has 0 aliphatic rings. The molecule has 0 radical (unpaired) electrons. The van der Waals surface area contributed by atoms with Crippen molar-refractivity contribution >= 4 is 11.0 Å². The highest BCUT2D eigenvalue weighted by Crippen LogP contribution is 2.27. The number of aryl methyl sites for hydroxylation is 1. The van der Waals surface area contributed by atoms with Crippen molar-refractivity contribution in [1.82, 2.24) is 0 Å².